The Hall–Kier alpha value is -1.77. The van der Waals surface area contributed by atoms with Crippen molar-refractivity contribution < 1.29 is 0 Å². The van der Waals surface area contributed by atoms with E-state index in [4.69, 9.17) is 0 Å². The fraction of sp³-hybridized carbons (Fsp3) is 0.500. The number of imidazole rings is 1. The molecule has 1 heterocycles. The highest BCUT2D eigenvalue weighted by atomic mass is 15.6. The molecule has 0 N–H and O–H groups in total. The molecule has 0 fully saturated rings. The lowest BCUT2D eigenvalue weighted by molar-refractivity contribution is 0.515. The molecule has 3 nitrogen and oxygen atoms in total. The van der Waals surface area contributed by atoms with Crippen LogP contribution in [0.5, 0.6) is 0 Å². The van der Waals surface area contributed by atoms with Gasteiger partial charge in [-0.15, -0.1) is 0 Å². The molecule has 3 heteroatoms. The number of hydrogen-bond acceptors (Lipinski definition) is 2. The van der Waals surface area contributed by atoms with Gasteiger partial charge in [0.2, 0.25) is 0 Å². The smallest absolute Gasteiger partial charge is 0.158 e. The van der Waals surface area contributed by atoms with E-state index in [1.807, 2.05) is 6.20 Å². The number of nitrogens with zero attached hydrogens (tertiary/aromatic N) is 3. The van der Waals surface area contributed by atoms with Crippen LogP contribution in [-0.2, 0) is 6.42 Å². The van der Waals surface area contributed by atoms with Crippen molar-refractivity contribution >= 4 is 0 Å². The predicted octanol–water partition coefficient (Wildman–Crippen LogP) is 4.12. The van der Waals surface area contributed by atoms with E-state index < -0.39 is 0 Å². The molecule has 2 rings (SSSR count). The Morgan fingerprint density at radius 3 is 2.62 bits per heavy atom. The zero-order valence-corrected chi connectivity index (χ0v) is 13.7. The lowest BCUT2D eigenvalue weighted by Gasteiger charge is -2.27. The summed E-state index contributed by atoms with van der Waals surface area (Å²) in [5, 5.41) is 2.37. The van der Waals surface area contributed by atoms with Gasteiger partial charge in [-0.25, -0.2) is 9.66 Å². The van der Waals surface area contributed by atoms with Gasteiger partial charge in [0.25, 0.3) is 0 Å². The second-order valence-corrected chi connectivity index (χ2v) is 5.83. The van der Waals surface area contributed by atoms with Gasteiger partial charge in [0.1, 0.15) is 0 Å². The first-order chi connectivity index (χ1) is 10.2. The monoisotopic (exact) mass is 285 g/mol. The molecule has 2 aromatic rings. The zero-order valence-electron chi connectivity index (χ0n) is 13.7. The molecule has 0 saturated carbocycles. The fourth-order valence-corrected chi connectivity index (χ4v) is 2.59. The van der Waals surface area contributed by atoms with E-state index in [9.17, 15) is 0 Å². The van der Waals surface area contributed by atoms with E-state index in [-0.39, 0.29) is 0 Å². The summed E-state index contributed by atoms with van der Waals surface area (Å²) in [6.07, 6.45) is 6.20. The lowest BCUT2D eigenvalue weighted by atomic mass is 10.1. The van der Waals surface area contributed by atoms with Crippen LogP contribution in [0.1, 0.15) is 39.7 Å². The Morgan fingerprint density at radius 2 is 1.95 bits per heavy atom. The van der Waals surface area contributed by atoms with Gasteiger partial charge < -0.3 is 5.01 Å². The largest absolute Gasteiger partial charge is 0.312 e. The molecule has 0 bridgehead atoms. The second kappa shape index (κ2) is 7.30. The molecule has 1 aromatic carbocycles. The van der Waals surface area contributed by atoms with Crippen molar-refractivity contribution in [1.82, 2.24) is 9.66 Å². The summed E-state index contributed by atoms with van der Waals surface area (Å²) in [5.74, 6) is 1.77. The highest BCUT2D eigenvalue weighted by Gasteiger charge is 2.13. The van der Waals surface area contributed by atoms with E-state index in [2.05, 4.69) is 72.8 Å². The normalized spacial score (nSPS) is 11.1. The van der Waals surface area contributed by atoms with Gasteiger partial charge in [-0.1, -0.05) is 45.0 Å². The highest BCUT2D eigenvalue weighted by Crippen LogP contribution is 2.23. The summed E-state index contributed by atoms with van der Waals surface area (Å²) in [6.45, 7) is 11.0. The Labute approximate surface area is 128 Å². The van der Waals surface area contributed by atoms with E-state index in [1.165, 1.54) is 17.5 Å². The van der Waals surface area contributed by atoms with Gasteiger partial charge in [-0.2, -0.15) is 0 Å². The van der Waals surface area contributed by atoms with Crippen molar-refractivity contribution in [1.29, 1.82) is 0 Å². The van der Waals surface area contributed by atoms with Crippen molar-refractivity contribution in [3.8, 4) is 11.4 Å². The fourth-order valence-electron chi connectivity index (χ4n) is 2.59. The minimum Gasteiger partial charge on any atom is -0.312 e. The maximum absolute atomic E-state index is 4.61. The molecule has 0 atom stereocenters. The first kappa shape index (κ1) is 15.6. The van der Waals surface area contributed by atoms with E-state index in [0.717, 1.165) is 25.3 Å². The third-order valence-electron chi connectivity index (χ3n) is 3.90. The summed E-state index contributed by atoms with van der Waals surface area (Å²) in [6, 6.07) is 8.57. The Morgan fingerprint density at radius 1 is 1.19 bits per heavy atom. The Balaban J connectivity index is 2.32. The highest BCUT2D eigenvalue weighted by molar-refractivity contribution is 5.61. The summed E-state index contributed by atoms with van der Waals surface area (Å²) < 4.78 is 2.22. The van der Waals surface area contributed by atoms with Crippen LogP contribution >= 0.6 is 0 Å². The SMILES string of the molecule is CCc1ccccc1-c1nccn1N(CC)CCC(C)C. The molecule has 114 valence electrons. The maximum Gasteiger partial charge on any atom is 0.158 e. The van der Waals surface area contributed by atoms with Gasteiger partial charge in [0.05, 0.1) is 0 Å². The zero-order chi connectivity index (χ0) is 15.2. The summed E-state index contributed by atoms with van der Waals surface area (Å²) >= 11 is 0. The molecule has 0 aliphatic carbocycles. The van der Waals surface area contributed by atoms with Gasteiger partial charge >= 0.3 is 0 Å². The van der Waals surface area contributed by atoms with Gasteiger partial charge in [-0.05, 0) is 31.2 Å². The summed E-state index contributed by atoms with van der Waals surface area (Å²) in [4.78, 5) is 4.61. The average Bonchev–Trinajstić information content (AvgIpc) is 2.97. The van der Waals surface area contributed by atoms with Crippen molar-refractivity contribution in [2.45, 2.75) is 40.5 Å². The lowest BCUT2D eigenvalue weighted by Crippen LogP contribution is -2.36. The Bertz CT molecular complexity index is 557. The topological polar surface area (TPSA) is 21.1 Å². The van der Waals surface area contributed by atoms with Crippen LogP contribution in [0.25, 0.3) is 11.4 Å². The van der Waals surface area contributed by atoms with Crippen LogP contribution in [0.4, 0.5) is 0 Å². The first-order valence-electron chi connectivity index (χ1n) is 8.04. The third kappa shape index (κ3) is 3.66. The summed E-state index contributed by atoms with van der Waals surface area (Å²) in [5.41, 5.74) is 2.60. The molecule has 0 aliphatic rings. The second-order valence-electron chi connectivity index (χ2n) is 5.83. The van der Waals surface area contributed by atoms with Crippen LogP contribution < -0.4 is 5.01 Å². The Kier molecular flexibility index (Phi) is 5.43. The standard InChI is InChI=1S/C18H27N3/c1-5-16-9-7-8-10-17(16)18-19-12-14-21(18)20(6-2)13-11-15(3)4/h7-10,12,14-15H,5-6,11,13H2,1-4H3. The van der Waals surface area contributed by atoms with Crippen molar-refractivity contribution in [3.63, 3.8) is 0 Å². The summed E-state index contributed by atoms with van der Waals surface area (Å²) in [7, 11) is 0. The quantitative estimate of drug-likeness (QED) is 0.763. The van der Waals surface area contributed by atoms with Crippen LogP contribution in [-0.4, -0.2) is 22.7 Å². The number of rotatable bonds is 7. The minimum atomic E-state index is 0.717. The number of hydrogen-bond donors (Lipinski definition) is 0. The third-order valence-corrected chi connectivity index (χ3v) is 3.90. The molecule has 0 spiro atoms. The molecule has 0 radical (unpaired) electrons. The van der Waals surface area contributed by atoms with E-state index in [0.29, 0.717) is 5.92 Å². The van der Waals surface area contributed by atoms with Crippen LogP contribution in [0, 0.1) is 5.92 Å². The molecule has 0 unspecified atom stereocenters. The van der Waals surface area contributed by atoms with Crippen molar-refractivity contribution in [2.24, 2.45) is 5.92 Å². The predicted molar refractivity (Wildman–Crippen MR) is 90.1 cm³/mol. The van der Waals surface area contributed by atoms with Gasteiger partial charge in [-0.3, -0.25) is 0 Å². The van der Waals surface area contributed by atoms with Crippen LogP contribution in [0.3, 0.4) is 0 Å². The molecule has 0 aliphatic heterocycles. The molecular weight excluding hydrogens is 258 g/mol. The molecule has 0 saturated heterocycles. The molecular formula is C18H27N3. The average molecular weight is 285 g/mol. The molecule has 0 amide bonds. The van der Waals surface area contributed by atoms with E-state index in [1.54, 1.807) is 0 Å². The van der Waals surface area contributed by atoms with Gasteiger partial charge in [0.15, 0.2) is 5.82 Å². The van der Waals surface area contributed by atoms with E-state index >= 15 is 0 Å². The molecule has 21 heavy (non-hydrogen) atoms. The van der Waals surface area contributed by atoms with Crippen LogP contribution in [0.15, 0.2) is 36.7 Å². The van der Waals surface area contributed by atoms with Crippen LogP contribution in [0.2, 0.25) is 0 Å². The maximum atomic E-state index is 4.61. The number of aryl methyl sites for hydroxylation is 1. The van der Waals surface area contributed by atoms with Crippen molar-refractivity contribution in [3.05, 3.63) is 42.2 Å². The minimum absolute atomic E-state index is 0.717. The van der Waals surface area contributed by atoms with Gasteiger partial charge in [0, 0.05) is 31.0 Å². The van der Waals surface area contributed by atoms with Crippen molar-refractivity contribution in [2.75, 3.05) is 18.1 Å². The first-order valence-corrected chi connectivity index (χ1v) is 8.04. The molecule has 1 aromatic heterocycles. The number of aromatic nitrogens is 2. The number of benzene rings is 1.